The van der Waals surface area contributed by atoms with Crippen LogP contribution in [0, 0.1) is 5.92 Å². The van der Waals surface area contributed by atoms with Crippen LogP contribution in [0.5, 0.6) is 11.5 Å². The van der Waals surface area contributed by atoms with Crippen LogP contribution in [0.25, 0.3) is 0 Å². The minimum absolute atomic E-state index is 0.138. The zero-order chi connectivity index (χ0) is 23.8. The van der Waals surface area contributed by atoms with Gasteiger partial charge >= 0.3 is 0 Å². The molecule has 0 saturated heterocycles. The Hall–Kier alpha value is -3.35. The molecule has 4 atom stereocenters. The van der Waals surface area contributed by atoms with Gasteiger partial charge in [-0.2, -0.15) is 0 Å². The van der Waals surface area contributed by atoms with Gasteiger partial charge in [-0.05, 0) is 61.1 Å². The van der Waals surface area contributed by atoms with Gasteiger partial charge in [0.05, 0.1) is 31.8 Å². The molecular formula is C27H28FNO5. The van der Waals surface area contributed by atoms with Gasteiger partial charge in [0.2, 0.25) is 0 Å². The molecule has 3 aliphatic rings. The lowest BCUT2D eigenvalue weighted by molar-refractivity contribution is -0.136. The quantitative estimate of drug-likeness (QED) is 0.640. The first-order chi connectivity index (χ1) is 16.5. The summed E-state index contributed by atoms with van der Waals surface area (Å²) in [6, 6.07) is 14.5. The van der Waals surface area contributed by atoms with Crippen LogP contribution in [0.1, 0.15) is 36.4 Å². The number of ether oxygens (including phenoxy) is 3. The van der Waals surface area contributed by atoms with Crippen LogP contribution in [0.2, 0.25) is 0 Å². The number of fused-ring (bicyclic) bond motifs is 1. The average molecular weight is 466 g/mol. The van der Waals surface area contributed by atoms with E-state index in [2.05, 4.69) is 0 Å². The molecule has 1 amide bonds. The molecule has 1 saturated carbocycles. The molecule has 2 aromatic carbocycles. The normalized spacial score (nSPS) is 26.1. The minimum atomic E-state index is -1.02. The molecule has 6 nitrogen and oxygen atoms in total. The number of nitrogens with zero attached hydrogens (tertiary/aromatic N) is 1. The van der Waals surface area contributed by atoms with Crippen molar-refractivity contribution in [1.29, 1.82) is 0 Å². The third kappa shape index (κ3) is 3.93. The number of Topliss-reactive ketones (excluding diaryl/α,β-unsaturated/α-hetero) is 1. The van der Waals surface area contributed by atoms with E-state index in [0.717, 1.165) is 16.9 Å². The topological polar surface area (TPSA) is 65.1 Å². The van der Waals surface area contributed by atoms with E-state index >= 15 is 0 Å². The van der Waals surface area contributed by atoms with Crippen molar-refractivity contribution in [2.45, 2.75) is 44.0 Å². The predicted molar refractivity (Wildman–Crippen MR) is 123 cm³/mol. The molecule has 0 spiro atoms. The predicted octanol–water partition coefficient (Wildman–Crippen LogP) is 4.19. The van der Waals surface area contributed by atoms with Gasteiger partial charge in [0.1, 0.15) is 23.8 Å². The zero-order valence-corrected chi connectivity index (χ0v) is 19.3. The number of amides is 1. The lowest BCUT2D eigenvalue weighted by Gasteiger charge is -2.36. The highest BCUT2D eigenvalue weighted by molar-refractivity contribution is 6.11. The van der Waals surface area contributed by atoms with Crippen molar-refractivity contribution in [3.8, 4) is 11.5 Å². The van der Waals surface area contributed by atoms with Crippen LogP contribution in [-0.2, 0) is 20.7 Å². The van der Waals surface area contributed by atoms with E-state index < -0.39 is 24.2 Å². The lowest BCUT2D eigenvalue weighted by atomic mass is 9.77. The molecule has 7 heteroatoms. The van der Waals surface area contributed by atoms with Crippen LogP contribution < -0.4 is 9.47 Å². The van der Waals surface area contributed by atoms with Crippen LogP contribution >= 0.6 is 0 Å². The third-order valence-electron chi connectivity index (χ3n) is 7.11. The van der Waals surface area contributed by atoms with Gasteiger partial charge in [0.15, 0.2) is 11.5 Å². The standard InChI is InChI=1S/C27H28FNO5/c1-32-19-8-3-16(4-9-19)13-14-29-24(17-5-10-20(33-2)11-6-17)23-25(30)21-15-18(28)7-12-22(21)34-26(23)27(29)31/h3-6,8-11,18,21-22,24H,7,12-15H2,1-2H3. The zero-order valence-electron chi connectivity index (χ0n) is 19.3. The molecule has 178 valence electrons. The molecule has 34 heavy (non-hydrogen) atoms. The van der Waals surface area contributed by atoms with E-state index in [0.29, 0.717) is 37.1 Å². The Kier molecular flexibility index (Phi) is 6.02. The van der Waals surface area contributed by atoms with Gasteiger partial charge in [0.25, 0.3) is 5.91 Å². The molecular weight excluding hydrogens is 437 g/mol. The number of hydrogen-bond donors (Lipinski definition) is 0. The molecule has 0 bridgehead atoms. The number of hydrogen-bond acceptors (Lipinski definition) is 5. The second-order valence-corrected chi connectivity index (χ2v) is 9.05. The number of methoxy groups -OCH3 is 2. The van der Waals surface area contributed by atoms with E-state index in [-0.39, 0.29) is 23.9 Å². The Labute approximate surface area is 198 Å². The summed E-state index contributed by atoms with van der Waals surface area (Å²) < 4.78 is 30.8. The highest BCUT2D eigenvalue weighted by atomic mass is 19.1. The number of benzene rings is 2. The van der Waals surface area contributed by atoms with E-state index in [1.807, 2.05) is 48.5 Å². The SMILES string of the molecule is COc1ccc(CCN2C(=O)C3=C(C(=O)C4CC(F)CCC4O3)C2c2ccc(OC)cc2)cc1. The van der Waals surface area contributed by atoms with Gasteiger partial charge < -0.3 is 19.1 Å². The Morgan fingerprint density at radius 3 is 2.26 bits per heavy atom. The molecule has 4 unspecified atom stereocenters. The van der Waals surface area contributed by atoms with Crippen molar-refractivity contribution in [1.82, 2.24) is 4.90 Å². The molecule has 0 aromatic heterocycles. The maximum atomic E-state index is 14.2. The summed E-state index contributed by atoms with van der Waals surface area (Å²) in [5, 5.41) is 0. The second-order valence-electron chi connectivity index (χ2n) is 9.05. The summed E-state index contributed by atoms with van der Waals surface area (Å²) in [5.41, 5.74) is 2.21. The average Bonchev–Trinajstić information content (AvgIpc) is 3.15. The monoisotopic (exact) mass is 465 g/mol. The van der Waals surface area contributed by atoms with Crippen molar-refractivity contribution in [2.24, 2.45) is 5.92 Å². The van der Waals surface area contributed by atoms with Crippen LogP contribution in [0.15, 0.2) is 59.9 Å². The molecule has 2 heterocycles. The van der Waals surface area contributed by atoms with Gasteiger partial charge in [-0.15, -0.1) is 0 Å². The fourth-order valence-electron chi connectivity index (χ4n) is 5.27. The first kappa shape index (κ1) is 22.4. The van der Waals surface area contributed by atoms with Gasteiger partial charge in [-0.25, -0.2) is 4.39 Å². The molecule has 1 aliphatic carbocycles. The number of alkyl halides is 1. The summed E-state index contributed by atoms with van der Waals surface area (Å²) in [4.78, 5) is 28.8. The van der Waals surface area contributed by atoms with E-state index in [4.69, 9.17) is 14.2 Å². The summed E-state index contributed by atoms with van der Waals surface area (Å²) in [6.45, 7) is 0.409. The maximum absolute atomic E-state index is 14.2. The van der Waals surface area contributed by atoms with Crippen LogP contribution in [0.4, 0.5) is 4.39 Å². The summed E-state index contributed by atoms with van der Waals surface area (Å²) in [5.74, 6) is 0.609. The van der Waals surface area contributed by atoms with E-state index in [1.54, 1.807) is 19.1 Å². The van der Waals surface area contributed by atoms with Crippen LogP contribution in [-0.4, -0.2) is 49.6 Å². The Bertz CT molecular complexity index is 1110. The Morgan fingerprint density at radius 2 is 1.62 bits per heavy atom. The molecule has 1 fully saturated rings. The lowest BCUT2D eigenvalue weighted by Crippen LogP contribution is -2.42. The van der Waals surface area contributed by atoms with Crippen molar-refractivity contribution in [3.63, 3.8) is 0 Å². The number of carbonyl (C=O) groups excluding carboxylic acids is 2. The van der Waals surface area contributed by atoms with E-state index in [1.165, 1.54) is 0 Å². The minimum Gasteiger partial charge on any atom is -0.497 e. The first-order valence-electron chi connectivity index (χ1n) is 11.7. The fraction of sp³-hybridized carbons (Fsp3) is 0.407. The molecule has 2 aliphatic heterocycles. The number of ketones is 1. The van der Waals surface area contributed by atoms with Crippen molar-refractivity contribution in [3.05, 3.63) is 71.0 Å². The smallest absolute Gasteiger partial charge is 0.290 e. The number of halogens is 1. The summed E-state index contributed by atoms with van der Waals surface area (Å²) in [7, 11) is 3.21. The summed E-state index contributed by atoms with van der Waals surface area (Å²) in [6.07, 6.45) is 0.111. The van der Waals surface area contributed by atoms with E-state index in [9.17, 15) is 14.0 Å². The third-order valence-corrected chi connectivity index (χ3v) is 7.11. The number of rotatable bonds is 6. The van der Waals surface area contributed by atoms with Gasteiger partial charge in [-0.1, -0.05) is 24.3 Å². The molecule has 0 radical (unpaired) electrons. The van der Waals surface area contributed by atoms with Gasteiger partial charge in [0, 0.05) is 6.54 Å². The summed E-state index contributed by atoms with van der Waals surface area (Å²) >= 11 is 0. The highest BCUT2D eigenvalue weighted by Crippen LogP contribution is 2.47. The van der Waals surface area contributed by atoms with Gasteiger partial charge in [-0.3, -0.25) is 9.59 Å². The fourth-order valence-corrected chi connectivity index (χ4v) is 5.27. The first-order valence-corrected chi connectivity index (χ1v) is 11.7. The van der Waals surface area contributed by atoms with Crippen molar-refractivity contribution < 1.29 is 28.2 Å². The Morgan fingerprint density at radius 1 is 0.971 bits per heavy atom. The second kappa shape index (κ2) is 9.12. The number of carbonyl (C=O) groups is 2. The highest BCUT2D eigenvalue weighted by Gasteiger charge is 2.52. The van der Waals surface area contributed by atoms with Crippen LogP contribution in [0.3, 0.4) is 0 Å². The van der Waals surface area contributed by atoms with Crippen molar-refractivity contribution >= 4 is 11.7 Å². The molecule has 0 N–H and O–H groups in total. The Balaban J connectivity index is 1.48. The largest absolute Gasteiger partial charge is 0.497 e. The molecule has 2 aromatic rings. The van der Waals surface area contributed by atoms with Crippen molar-refractivity contribution in [2.75, 3.05) is 20.8 Å². The maximum Gasteiger partial charge on any atom is 0.290 e. The molecule has 5 rings (SSSR count).